The number of para-hydroxylation sites is 2. The van der Waals surface area contributed by atoms with E-state index in [0.717, 1.165) is 30.8 Å². The third kappa shape index (κ3) is 2.91. The Morgan fingerprint density at radius 1 is 1.48 bits per heavy atom. The first-order valence-electron chi connectivity index (χ1n) is 7.29. The van der Waals surface area contributed by atoms with Gasteiger partial charge in [0.25, 0.3) is 0 Å². The molecule has 0 saturated heterocycles. The highest BCUT2D eigenvalue weighted by molar-refractivity contribution is 5.94. The molecule has 2 heterocycles. The number of nitrogens with one attached hydrogen (secondary N) is 1. The SMILES string of the molecule is CCOc1ccccc1NC(=O)C1CCn2cncc2C1. The zero-order valence-electron chi connectivity index (χ0n) is 12.1. The van der Waals surface area contributed by atoms with E-state index >= 15 is 0 Å². The molecule has 0 saturated carbocycles. The van der Waals surface area contributed by atoms with E-state index in [0.29, 0.717) is 12.4 Å². The van der Waals surface area contributed by atoms with E-state index < -0.39 is 0 Å². The van der Waals surface area contributed by atoms with Gasteiger partial charge in [-0.15, -0.1) is 0 Å². The number of imidazole rings is 1. The standard InChI is InChI=1S/C16H19N3O2/c1-2-21-15-6-4-3-5-14(15)18-16(20)12-7-8-19-11-17-10-13(19)9-12/h3-6,10-12H,2,7-9H2,1H3,(H,18,20). The molecule has 1 amide bonds. The zero-order chi connectivity index (χ0) is 14.7. The van der Waals surface area contributed by atoms with Gasteiger partial charge in [-0.2, -0.15) is 0 Å². The van der Waals surface area contributed by atoms with Crippen LogP contribution in [0.25, 0.3) is 0 Å². The number of fused-ring (bicyclic) bond motifs is 1. The minimum Gasteiger partial charge on any atom is -0.492 e. The van der Waals surface area contributed by atoms with Crippen LogP contribution in [0.1, 0.15) is 19.0 Å². The van der Waals surface area contributed by atoms with Crippen LogP contribution >= 0.6 is 0 Å². The monoisotopic (exact) mass is 285 g/mol. The molecule has 0 radical (unpaired) electrons. The quantitative estimate of drug-likeness (QED) is 0.939. The van der Waals surface area contributed by atoms with Gasteiger partial charge in [-0.25, -0.2) is 4.98 Å². The van der Waals surface area contributed by atoms with Gasteiger partial charge in [0.05, 0.1) is 18.6 Å². The number of carbonyl (C=O) groups is 1. The number of rotatable bonds is 4. The van der Waals surface area contributed by atoms with Gasteiger partial charge >= 0.3 is 0 Å². The number of ether oxygens (including phenoxy) is 1. The molecular formula is C16H19N3O2. The van der Waals surface area contributed by atoms with Crippen LogP contribution in [0.15, 0.2) is 36.8 Å². The average Bonchev–Trinajstić information content (AvgIpc) is 2.97. The maximum Gasteiger partial charge on any atom is 0.228 e. The first kappa shape index (κ1) is 13.7. The second-order valence-corrected chi connectivity index (χ2v) is 5.19. The fraction of sp³-hybridized carbons (Fsp3) is 0.375. The predicted molar refractivity (Wildman–Crippen MR) is 80.3 cm³/mol. The molecule has 1 atom stereocenters. The third-order valence-electron chi connectivity index (χ3n) is 3.79. The highest BCUT2D eigenvalue weighted by atomic mass is 16.5. The van der Waals surface area contributed by atoms with Crippen molar-refractivity contribution in [3.8, 4) is 5.75 Å². The summed E-state index contributed by atoms with van der Waals surface area (Å²) in [4.78, 5) is 16.6. The number of carbonyl (C=O) groups excluding carboxylic acids is 1. The van der Waals surface area contributed by atoms with Crippen LogP contribution in [0, 0.1) is 5.92 Å². The van der Waals surface area contributed by atoms with E-state index in [1.165, 1.54) is 0 Å². The molecule has 1 N–H and O–H groups in total. The smallest absolute Gasteiger partial charge is 0.228 e. The van der Waals surface area contributed by atoms with Crippen LogP contribution in [-0.2, 0) is 17.8 Å². The zero-order valence-corrected chi connectivity index (χ0v) is 12.1. The van der Waals surface area contributed by atoms with Crippen molar-refractivity contribution < 1.29 is 9.53 Å². The lowest BCUT2D eigenvalue weighted by atomic mass is 9.95. The van der Waals surface area contributed by atoms with Gasteiger partial charge in [0, 0.05) is 30.8 Å². The lowest BCUT2D eigenvalue weighted by Crippen LogP contribution is -2.30. The summed E-state index contributed by atoms with van der Waals surface area (Å²) < 4.78 is 7.65. The summed E-state index contributed by atoms with van der Waals surface area (Å²) in [6, 6.07) is 7.54. The summed E-state index contributed by atoms with van der Waals surface area (Å²) in [5, 5.41) is 2.99. The molecule has 5 heteroatoms. The van der Waals surface area contributed by atoms with Crippen LogP contribution in [-0.4, -0.2) is 22.1 Å². The second-order valence-electron chi connectivity index (χ2n) is 5.19. The van der Waals surface area contributed by atoms with E-state index in [9.17, 15) is 4.79 Å². The third-order valence-corrected chi connectivity index (χ3v) is 3.79. The lowest BCUT2D eigenvalue weighted by molar-refractivity contribution is -0.120. The van der Waals surface area contributed by atoms with Crippen molar-refractivity contribution in [2.24, 2.45) is 5.92 Å². The number of hydrogen-bond donors (Lipinski definition) is 1. The molecule has 1 unspecified atom stereocenters. The van der Waals surface area contributed by atoms with Gasteiger partial charge < -0.3 is 14.6 Å². The van der Waals surface area contributed by atoms with Gasteiger partial charge in [-0.1, -0.05) is 12.1 Å². The van der Waals surface area contributed by atoms with Crippen molar-refractivity contribution in [2.45, 2.75) is 26.3 Å². The number of aryl methyl sites for hydroxylation is 1. The Hall–Kier alpha value is -2.30. The molecule has 2 aromatic rings. The van der Waals surface area contributed by atoms with Crippen LogP contribution in [0.4, 0.5) is 5.69 Å². The maximum absolute atomic E-state index is 12.5. The largest absolute Gasteiger partial charge is 0.492 e. The van der Waals surface area contributed by atoms with E-state index in [1.807, 2.05) is 43.7 Å². The number of nitrogens with zero attached hydrogens (tertiary/aromatic N) is 2. The minimum absolute atomic E-state index is 0.0103. The Kier molecular flexibility index (Phi) is 3.90. The Labute approximate surface area is 124 Å². The number of anilines is 1. The fourth-order valence-electron chi connectivity index (χ4n) is 2.68. The first-order chi connectivity index (χ1) is 10.3. The highest BCUT2D eigenvalue weighted by Crippen LogP contribution is 2.26. The van der Waals surface area contributed by atoms with Crippen molar-refractivity contribution in [1.29, 1.82) is 0 Å². The van der Waals surface area contributed by atoms with Crippen LogP contribution in [0.3, 0.4) is 0 Å². The van der Waals surface area contributed by atoms with Crippen LogP contribution in [0.5, 0.6) is 5.75 Å². The number of aromatic nitrogens is 2. The molecule has 1 aromatic heterocycles. The van der Waals surface area contributed by atoms with Crippen LogP contribution in [0.2, 0.25) is 0 Å². The molecule has 5 nitrogen and oxygen atoms in total. The number of benzene rings is 1. The van der Waals surface area contributed by atoms with Crippen molar-refractivity contribution >= 4 is 11.6 Å². The summed E-state index contributed by atoms with van der Waals surface area (Å²) >= 11 is 0. The van der Waals surface area contributed by atoms with Crippen molar-refractivity contribution in [3.05, 3.63) is 42.5 Å². The molecule has 21 heavy (non-hydrogen) atoms. The number of hydrogen-bond acceptors (Lipinski definition) is 3. The molecule has 1 aromatic carbocycles. The normalized spacial score (nSPS) is 17.1. The Morgan fingerprint density at radius 3 is 3.19 bits per heavy atom. The average molecular weight is 285 g/mol. The first-order valence-corrected chi connectivity index (χ1v) is 7.29. The molecule has 3 rings (SSSR count). The summed E-state index contributed by atoms with van der Waals surface area (Å²) in [6.07, 6.45) is 5.25. The molecule has 1 aliphatic heterocycles. The molecule has 0 fully saturated rings. The molecule has 0 bridgehead atoms. The molecule has 110 valence electrons. The topological polar surface area (TPSA) is 56.1 Å². The molecular weight excluding hydrogens is 266 g/mol. The Balaban J connectivity index is 1.70. The summed E-state index contributed by atoms with van der Waals surface area (Å²) in [5.41, 5.74) is 1.86. The fourth-order valence-corrected chi connectivity index (χ4v) is 2.68. The number of amides is 1. The van der Waals surface area contributed by atoms with Gasteiger partial charge in [0.1, 0.15) is 5.75 Å². The summed E-state index contributed by atoms with van der Waals surface area (Å²) in [5.74, 6) is 0.757. The predicted octanol–water partition coefficient (Wildman–Crippen LogP) is 2.48. The van der Waals surface area contributed by atoms with E-state index in [4.69, 9.17) is 4.74 Å². The van der Waals surface area contributed by atoms with Gasteiger partial charge in [-0.3, -0.25) is 4.79 Å². The van der Waals surface area contributed by atoms with E-state index in [2.05, 4.69) is 14.9 Å². The maximum atomic E-state index is 12.5. The summed E-state index contributed by atoms with van der Waals surface area (Å²) in [7, 11) is 0. The van der Waals surface area contributed by atoms with E-state index in [1.54, 1.807) is 0 Å². The Bertz CT molecular complexity index is 636. The Morgan fingerprint density at radius 2 is 2.33 bits per heavy atom. The minimum atomic E-state index is -0.0103. The van der Waals surface area contributed by atoms with Crippen molar-refractivity contribution in [3.63, 3.8) is 0 Å². The second kappa shape index (κ2) is 5.99. The molecule has 1 aliphatic rings. The summed E-state index contributed by atoms with van der Waals surface area (Å²) in [6.45, 7) is 3.36. The van der Waals surface area contributed by atoms with Gasteiger partial charge in [0.15, 0.2) is 0 Å². The molecule has 0 aliphatic carbocycles. The van der Waals surface area contributed by atoms with Crippen molar-refractivity contribution in [1.82, 2.24) is 9.55 Å². The van der Waals surface area contributed by atoms with Crippen LogP contribution < -0.4 is 10.1 Å². The lowest BCUT2D eigenvalue weighted by Gasteiger charge is -2.23. The van der Waals surface area contributed by atoms with Gasteiger partial charge in [-0.05, 0) is 25.5 Å². The molecule has 0 spiro atoms. The van der Waals surface area contributed by atoms with Gasteiger partial charge in [0.2, 0.25) is 5.91 Å². The van der Waals surface area contributed by atoms with Crippen molar-refractivity contribution in [2.75, 3.05) is 11.9 Å². The highest BCUT2D eigenvalue weighted by Gasteiger charge is 2.25. The van der Waals surface area contributed by atoms with E-state index in [-0.39, 0.29) is 11.8 Å².